The largest absolute Gasteiger partial charge is 0.444 e. The third kappa shape index (κ3) is 3.99. The van der Waals surface area contributed by atoms with Gasteiger partial charge in [-0.25, -0.2) is 19.7 Å². The molecular weight excluding hydrogens is 384 g/mol. The van der Waals surface area contributed by atoms with Crippen LogP contribution in [0, 0.1) is 0 Å². The lowest BCUT2D eigenvalue weighted by Gasteiger charge is -2.39. The van der Waals surface area contributed by atoms with E-state index in [1.165, 1.54) is 6.39 Å². The van der Waals surface area contributed by atoms with Gasteiger partial charge in [-0.2, -0.15) is 0 Å². The van der Waals surface area contributed by atoms with Crippen molar-refractivity contribution in [3.63, 3.8) is 0 Å². The molecule has 4 heterocycles. The zero-order valence-electron chi connectivity index (χ0n) is 16.7. The normalized spacial score (nSPS) is 18.6. The number of nitrogens with zero attached hydrogens (tertiary/aromatic N) is 5. The van der Waals surface area contributed by atoms with Crippen LogP contribution in [-0.2, 0) is 4.74 Å². The Bertz CT molecular complexity index is 1010. The summed E-state index contributed by atoms with van der Waals surface area (Å²) >= 11 is 0. The molecule has 0 aliphatic carbocycles. The molecule has 9 nitrogen and oxygen atoms in total. The SMILES string of the molecule is O=C(Nc1ncc2ccc(-c3cnco3)cc2n1)N1CCC(N2CCOCC2)CC1. The highest BCUT2D eigenvalue weighted by Gasteiger charge is 2.28. The Balaban J connectivity index is 1.23. The van der Waals surface area contributed by atoms with Gasteiger partial charge in [0.25, 0.3) is 0 Å². The van der Waals surface area contributed by atoms with Crippen molar-refractivity contribution < 1.29 is 13.9 Å². The molecule has 5 rings (SSSR count). The van der Waals surface area contributed by atoms with E-state index in [1.807, 2.05) is 23.1 Å². The second kappa shape index (κ2) is 8.37. The first-order valence-electron chi connectivity index (χ1n) is 10.3. The fourth-order valence-corrected chi connectivity index (χ4v) is 4.15. The van der Waals surface area contributed by atoms with Gasteiger partial charge in [0.15, 0.2) is 12.2 Å². The van der Waals surface area contributed by atoms with Gasteiger partial charge < -0.3 is 14.1 Å². The molecule has 2 amide bonds. The molecule has 2 saturated heterocycles. The second-order valence-corrected chi connectivity index (χ2v) is 7.63. The molecule has 0 atom stereocenters. The lowest BCUT2D eigenvalue weighted by Crippen LogP contribution is -2.50. The number of rotatable bonds is 3. The molecule has 0 bridgehead atoms. The highest BCUT2D eigenvalue weighted by molar-refractivity contribution is 5.89. The molecule has 1 aromatic carbocycles. The number of piperidine rings is 1. The lowest BCUT2D eigenvalue weighted by molar-refractivity contribution is 0.00419. The van der Waals surface area contributed by atoms with Crippen LogP contribution in [-0.4, -0.2) is 76.2 Å². The quantitative estimate of drug-likeness (QED) is 0.711. The van der Waals surface area contributed by atoms with Crippen molar-refractivity contribution in [2.24, 2.45) is 0 Å². The molecular formula is C21H24N6O3. The van der Waals surface area contributed by atoms with Gasteiger partial charge >= 0.3 is 6.03 Å². The van der Waals surface area contributed by atoms with Crippen molar-refractivity contribution in [1.82, 2.24) is 24.8 Å². The smallest absolute Gasteiger partial charge is 0.324 e. The Kier molecular flexibility index (Phi) is 5.29. The van der Waals surface area contributed by atoms with Crippen LogP contribution in [0.5, 0.6) is 0 Å². The average molecular weight is 408 g/mol. The molecule has 9 heteroatoms. The molecule has 2 aliphatic rings. The van der Waals surface area contributed by atoms with Gasteiger partial charge in [0.2, 0.25) is 5.95 Å². The number of nitrogens with one attached hydrogen (secondary N) is 1. The van der Waals surface area contributed by atoms with Gasteiger partial charge in [-0.05, 0) is 18.9 Å². The summed E-state index contributed by atoms with van der Waals surface area (Å²) in [4.78, 5) is 29.8. The third-order valence-electron chi connectivity index (χ3n) is 5.83. The molecule has 156 valence electrons. The lowest BCUT2D eigenvalue weighted by atomic mass is 10.0. The Morgan fingerprint density at radius 2 is 1.93 bits per heavy atom. The number of benzene rings is 1. The number of aromatic nitrogens is 3. The second-order valence-electron chi connectivity index (χ2n) is 7.63. The number of fused-ring (bicyclic) bond motifs is 1. The number of morpholine rings is 1. The summed E-state index contributed by atoms with van der Waals surface area (Å²) < 4.78 is 10.8. The molecule has 0 radical (unpaired) electrons. The molecule has 2 aromatic heterocycles. The summed E-state index contributed by atoms with van der Waals surface area (Å²) in [6.07, 6.45) is 6.73. The standard InChI is InChI=1S/C21H24N6O3/c28-21(27-5-3-17(4-6-27)26-7-9-29-10-8-26)25-20-23-12-16-2-1-15(11-18(16)24-20)19-13-22-14-30-19/h1-2,11-14,17H,3-10H2,(H,23,24,25,28). The van der Waals surface area contributed by atoms with E-state index in [4.69, 9.17) is 9.15 Å². The highest BCUT2D eigenvalue weighted by atomic mass is 16.5. The minimum atomic E-state index is -0.152. The minimum Gasteiger partial charge on any atom is -0.444 e. The van der Waals surface area contributed by atoms with Gasteiger partial charge in [0.05, 0.1) is 24.9 Å². The first-order chi connectivity index (χ1) is 14.8. The number of hydrogen-bond acceptors (Lipinski definition) is 7. The predicted molar refractivity (Wildman–Crippen MR) is 111 cm³/mol. The molecule has 30 heavy (non-hydrogen) atoms. The van der Waals surface area contributed by atoms with Gasteiger partial charge in [-0.1, -0.05) is 12.1 Å². The van der Waals surface area contributed by atoms with Crippen molar-refractivity contribution in [2.75, 3.05) is 44.7 Å². The minimum absolute atomic E-state index is 0.152. The van der Waals surface area contributed by atoms with Crippen LogP contribution < -0.4 is 5.32 Å². The monoisotopic (exact) mass is 408 g/mol. The van der Waals surface area contributed by atoms with Crippen LogP contribution in [0.15, 0.2) is 41.4 Å². The first kappa shape index (κ1) is 19.0. The van der Waals surface area contributed by atoms with E-state index in [-0.39, 0.29) is 6.03 Å². The van der Waals surface area contributed by atoms with E-state index in [0.717, 1.165) is 68.7 Å². The Labute approximate surface area is 174 Å². The number of urea groups is 1. The molecule has 2 fully saturated rings. The van der Waals surface area contributed by atoms with Crippen molar-refractivity contribution in [3.05, 3.63) is 37.0 Å². The average Bonchev–Trinajstić information content (AvgIpc) is 3.34. The third-order valence-corrected chi connectivity index (χ3v) is 5.83. The van der Waals surface area contributed by atoms with Crippen molar-refractivity contribution in [2.45, 2.75) is 18.9 Å². The van der Waals surface area contributed by atoms with Gasteiger partial charge in [0.1, 0.15) is 0 Å². The fourth-order valence-electron chi connectivity index (χ4n) is 4.15. The van der Waals surface area contributed by atoms with Crippen molar-refractivity contribution >= 4 is 22.9 Å². The number of carbonyl (C=O) groups excluding carboxylic acids is 1. The molecule has 0 saturated carbocycles. The number of amides is 2. The topological polar surface area (TPSA) is 96.6 Å². The summed E-state index contributed by atoms with van der Waals surface area (Å²) in [6, 6.07) is 6.14. The van der Waals surface area contributed by atoms with Crippen molar-refractivity contribution in [3.8, 4) is 11.3 Å². The van der Waals surface area contributed by atoms with E-state index in [0.29, 0.717) is 17.8 Å². The van der Waals surface area contributed by atoms with E-state index in [1.54, 1.807) is 12.4 Å². The number of oxazole rings is 1. The molecule has 0 spiro atoms. The number of ether oxygens (including phenoxy) is 1. The number of hydrogen-bond donors (Lipinski definition) is 1. The van der Waals surface area contributed by atoms with E-state index in [9.17, 15) is 4.79 Å². The maximum Gasteiger partial charge on any atom is 0.324 e. The summed E-state index contributed by atoms with van der Waals surface area (Å²) in [5, 5.41) is 3.74. The van der Waals surface area contributed by atoms with Gasteiger partial charge in [-0.15, -0.1) is 0 Å². The van der Waals surface area contributed by atoms with Crippen LogP contribution in [0.4, 0.5) is 10.7 Å². The molecule has 3 aromatic rings. The van der Waals surface area contributed by atoms with E-state index >= 15 is 0 Å². The Morgan fingerprint density at radius 1 is 1.10 bits per heavy atom. The Morgan fingerprint density at radius 3 is 2.70 bits per heavy atom. The summed E-state index contributed by atoms with van der Waals surface area (Å²) in [5.74, 6) is 0.974. The van der Waals surface area contributed by atoms with Crippen LogP contribution in [0.1, 0.15) is 12.8 Å². The zero-order valence-corrected chi connectivity index (χ0v) is 16.7. The van der Waals surface area contributed by atoms with E-state index < -0.39 is 0 Å². The Hall–Kier alpha value is -3.04. The number of carbonyl (C=O) groups is 1. The van der Waals surface area contributed by atoms with Crippen LogP contribution >= 0.6 is 0 Å². The fraction of sp³-hybridized carbons (Fsp3) is 0.429. The van der Waals surface area contributed by atoms with E-state index in [2.05, 4.69) is 25.2 Å². The van der Waals surface area contributed by atoms with Crippen LogP contribution in [0.3, 0.4) is 0 Å². The molecule has 0 unspecified atom stereocenters. The zero-order chi connectivity index (χ0) is 20.3. The molecule has 1 N–H and O–H groups in total. The van der Waals surface area contributed by atoms with Crippen molar-refractivity contribution in [1.29, 1.82) is 0 Å². The summed E-state index contributed by atoms with van der Waals surface area (Å²) in [6.45, 7) is 5.04. The highest BCUT2D eigenvalue weighted by Crippen LogP contribution is 2.24. The molecule has 2 aliphatic heterocycles. The summed E-state index contributed by atoms with van der Waals surface area (Å²) in [7, 11) is 0. The summed E-state index contributed by atoms with van der Waals surface area (Å²) in [5.41, 5.74) is 1.61. The predicted octanol–water partition coefficient (Wildman–Crippen LogP) is 2.61. The maximum atomic E-state index is 12.7. The number of likely N-dealkylation sites (tertiary alicyclic amines) is 1. The van der Waals surface area contributed by atoms with Crippen LogP contribution in [0.2, 0.25) is 0 Å². The van der Waals surface area contributed by atoms with Gasteiger partial charge in [0, 0.05) is 49.4 Å². The van der Waals surface area contributed by atoms with Crippen LogP contribution in [0.25, 0.3) is 22.2 Å². The van der Waals surface area contributed by atoms with Gasteiger partial charge in [-0.3, -0.25) is 10.2 Å². The first-order valence-corrected chi connectivity index (χ1v) is 10.3. The maximum absolute atomic E-state index is 12.7. The number of anilines is 1.